The Kier molecular flexibility index (Phi) is 6.43. The molecule has 8 aromatic rings. The number of aromatic nitrogens is 4. The van der Waals surface area contributed by atoms with Crippen LogP contribution in [0.15, 0.2) is 158 Å². The quantitative estimate of drug-likeness (QED) is 0.196. The molecular weight excluding hydrogens is 536 g/mol. The molecule has 6 aromatic carbocycles. The molecule has 0 aliphatic rings. The molecule has 0 bridgehead atoms. The molecular formula is C40H26N4. The Labute approximate surface area is 255 Å². The van der Waals surface area contributed by atoms with Gasteiger partial charge in [0.05, 0.1) is 0 Å². The van der Waals surface area contributed by atoms with E-state index in [0.717, 1.165) is 27.8 Å². The van der Waals surface area contributed by atoms with Gasteiger partial charge in [0, 0.05) is 17.3 Å². The molecule has 0 unspecified atom stereocenters. The first-order valence-electron chi connectivity index (χ1n) is 14.6. The summed E-state index contributed by atoms with van der Waals surface area (Å²) in [5, 5.41) is 4.89. The highest BCUT2D eigenvalue weighted by Gasteiger charge is 2.16. The van der Waals surface area contributed by atoms with Crippen molar-refractivity contribution in [2.24, 2.45) is 0 Å². The summed E-state index contributed by atoms with van der Waals surface area (Å²) in [6.07, 6.45) is 1.76. The van der Waals surface area contributed by atoms with Crippen LogP contribution in [0.25, 0.3) is 78.1 Å². The molecule has 8 rings (SSSR count). The molecule has 44 heavy (non-hydrogen) atoms. The van der Waals surface area contributed by atoms with Crippen LogP contribution in [0.5, 0.6) is 0 Å². The summed E-state index contributed by atoms with van der Waals surface area (Å²) in [6.45, 7) is 0. The molecule has 4 heteroatoms. The lowest BCUT2D eigenvalue weighted by molar-refractivity contribution is 1.06. The van der Waals surface area contributed by atoms with Crippen molar-refractivity contribution in [3.8, 4) is 56.5 Å². The molecule has 0 aliphatic carbocycles. The van der Waals surface area contributed by atoms with Gasteiger partial charge >= 0.3 is 0 Å². The number of benzene rings is 6. The van der Waals surface area contributed by atoms with E-state index >= 15 is 0 Å². The lowest BCUT2D eigenvalue weighted by Gasteiger charge is -2.15. The Morgan fingerprint density at radius 2 is 0.909 bits per heavy atom. The van der Waals surface area contributed by atoms with Gasteiger partial charge in [-0.05, 0) is 80.2 Å². The van der Waals surface area contributed by atoms with E-state index in [4.69, 9.17) is 15.0 Å². The van der Waals surface area contributed by atoms with E-state index in [1.54, 1.807) is 6.20 Å². The third kappa shape index (κ3) is 4.79. The summed E-state index contributed by atoms with van der Waals surface area (Å²) in [7, 11) is 0. The second-order valence-electron chi connectivity index (χ2n) is 10.7. The van der Waals surface area contributed by atoms with Crippen molar-refractivity contribution in [3.63, 3.8) is 0 Å². The maximum absolute atomic E-state index is 5.03. The Balaban J connectivity index is 1.41. The van der Waals surface area contributed by atoms with E-state index in [1.165, 1.54) is 27.1 Å². The van der Waals surface area contributed by atoms with Crippen LogP contribution in [0.1, 0.15) is 0 Å². The molecule has 2 aromatic heterocycles. The topological polar surface area (TPSA) is 51.6 Å². The number of fused-ring (bicyclic) bond motifs is 3. The number of nitrogens with zero attached hydrogens (tertiary/aromatic N) is 4. The molecule has 0 saturated heterocycles. The van der Waals surface area contributed by atoms with Gasteiger partial charge < -0.3 is 0 Å². The molecule has 0 atom stereocenters. The Hall–Kier alpha value is -6.00. The molecule has 0 fully saturated rings. The van der Waals surface area contributed by atoms with Crippen molar-refractivity contribution in [3.05, 3.63) is 158 Å². The maximum Gasteiger partial charge on any atom is 0.182 e. The van der Waals surface area contributed by atoms with Crippen molar-refractivity contribution in [2.75, 3.05) is 0 Å². The third-order valence-corrected chi connectivity index (χ3v) is 7.94. The van der Waals surface area contributed by atoms with Crippen LogP contribution in [0.3, 0.4) is 0 Å². The summed E-state index contributed by atoms with van der Waals surface area (Å²) in [4.78, 5) is 19.4. The molecule has 0 saturated carbocycles. The molecule has 0 amide bonds. The van der Waals surface area contributed by atoms with E-state index in [2.05, 4.69) is 102 Å². The standard InChI is InChI=1S/C40H26N4/c1-3-13-27(14-4-1)30-23-31(36-26-29-17-7-8-18-33(29)34-19-9-10-20-35(34)36)25-32(24-30)39-42-38(28-15-5-2-6-16-28)43-40(44-39)37-21-11-12-22-41-37/h1-26H. The monoisotopic (exact) mass is 562 g/mol. The molecule has 0 N–H and O–H groups in total. The smallest absolute Gasteiger partial charge is 0.182 e. The Bertz CT molecular complexity index is 2210. The summed E-state index contributed by atoms with van der Waals surface area (Å²) in [5.41, 5.74) is 7.03. The van der Waals surface area contributed by atoms with Crippen molar-refractivity contribution in [1.29, 1.82) is 0 Å². The second-order valence-corrected chi connectivity index (χ2v) is 10.7. The number of hydrogen-bond acceptors (Lipinski definition) is 4. The van der Waals surface area contributed by atoms with Gasteiger partial charge in [-0.1, -0.05) is 115 Å². The average molecular weight is 563 g/mol. The average Bonchev–Trinajstić information content (AvgIpc) is 3.12. The zero-order chi connectivity index (χ0) is 29.3. The summed E-state index contributed by atoms with van der Waals surface area (Å²) < 4.78 is 0. The minimum Gasteiger partial charge on any atom is -0.253 e. The number of rotatable bonds is 5. The summed E-state index contributed by atoms with van der Waals surface area (Å²) >= 11 is 0. The highest BCUT2D eigenvalue weighted by molar-refractivity contribution is 6.14. The van der Waals surface area contributed by atoms with Gasteiger partial charge in [-0.3, -0.25) is 4.98 Å². The highest BCUT2D eigenvalue weighted by Crippen LogP contribution is 2.38. The van der Waals surface area contributed by atoms with Gasteiger partial charge in [-0.25, -0.2) is 15.0 Å². The lowest BCUT2D eigenvalue weighted by atomic mass is 9.90. The van der Waals surface area contributed by atoms with E-state index in [1.807, 2.05) is 54.6 Å². The third-order valence-electron chi connectivity index (χ3n) is 7.94. The van der Waals surface area contributed by atoms with Gasteiger partial charge in [0.25, 0.3) is 0 Å². The molecule has 0 radical (unpaired) electrons. The zero-order valence-corrected chi connectivity index (χ0v) is 23.8. The van der Waals surface area contributed by atoms with Crippen molar-refractivity contribution >= 4 is 21.5 Å². The van der Waals surface area contributed by atoms with Crippen LogP contribution >= 0.6 is 0 Å². The predicted molar refractivity (Wildman–Crippen MR) is 180 cm³/mol. The highest BCUT2D eigenvalue weighted by atomic mass is 15.0. The van der Waals surface area contributed by atoms with E-state index in [-0.39, 0.29) is 0 Å². The first kappa shape index (κ1) is 25.7. The number of hydrogen-bond donors (Lipinski definition) is 0. The van der Waals surface area contributed by atoms with Gasteiger partial charge in [-0.15, -0.1) is 0 Å². The van der Waals surface area contributed by atoms with Crippen molar-refractivity contribution in [2.45, 2.75) is 0 Å². The van der Waals surface area contributed by atoms with Gasteiger partial charge in [0.15, 0.2) is 17.5 Å². The van der Waals surface area contributed by atoms with Crippen molar-refractivity contribution in [1.82, 2.24) is 19.9 Å². The van der Waals surface area contributed by atoms with Crippen LogP contribution in [0, 0.1) is 0 Å². The summed E-state index contributed by atoms with van der Waals surface area (Å²) in [5.74, 6) is 1.75. The van der Waals surface area contributed by atoms with Gasteiger partial charge in [-0.2, -0.15) is 0 Å². The molecule has 206 valence electrons. The first-order chi connectivity index (χ1) is 21.8. The fourth-order valence-corrected chi connectivity index (χ4v) is 5.83. The van der Waals surface area contributed by atoms with Crippen LogP contribution < -0.4 is 0 Å². The fourth-order valence-electron chi connectivity index (χ4n) is 5.83. The Morgan fingerprint density at radius 1 is 0.341 bits per heavy atom. The molecule has 0 aliphatic heterocycles. The van der Waals surface area contributed by atoms with Crippen LogP contribution in [-0.2, 0) is 0 Å². The normalized spacial score (nSPS) is 11.2. The Morgan fingerprint density at radius 3 is 1.66 bits per heavy atom. The zero-order valence-electron chi connectivity index (χ0n) is 23.8. The van der Waals surface area contributed by atoms with Crippen LogP contribution in [0.2, 0.25) is 0 Å². The second kappa shape index (κ2) is 11.0. The first-order valence-corrected chi connectivity index (χ1v) is 14.6. The minimum atomic E-state index is 0.539. The van der Waals surface area contributed by atoms with E-state index in [0.29, 0.717) is 23.2 Å². The number of pyridine rings is 1. The minimum absolute atomic E-state index is 0.539. The van der Waals surface area contributed by atoms with Gasteiger partial charge in [0.1, 0.15) is 5.69 Å². The van der Waals surface area contributed by atoms with Crippen molar-refractivity contribution < 1.29 is 0 Å². The SMILES string of the molecule is c1ccc(-c2cc(-c3nc(-c4ccccc4)nc(-c4ccccn4)n3)cc(-c3cc4ccccc4c4ccccc34)c2)cc1. The van der Waals surface area contributed by atoms with E-state index in [9.17, 15) is 0 Å². The lowest BCUT2D eigenvalue weighted by Crippen LogP contribution is -2.01. The molecule has 4 nitrogen and oxygen atoms in total. The van der Waals surface area contributed by atoms with Crippen LogP contribution in [-0.4, -0.2) is 19.9 Å². The van der Waals surface area contributed by atoms with Gasteiger partial charge in [0.2, 0.25) is 0 Å². The summed E-state index contributed by atoms with van der Waals surface area (Å²) in [6, 6.07) is 52.5. The molecule has 2 heterocycles. The fraction of sp³-hybridized carbons (Fsp3) is 0. The maximum atomic E-state index is 5.03. The van der Waals surface area contributed by atoms with E-state index < -0.39 is 0 Å². The largest absolute Gasteiger partial charge is 0.253 e. The van der Waals surface area contributed by atoms with Crippen LogP contribution in [0.4, 0.5) is 0 Å². The molecule has 0 spiro atoms. The predicted octanol–water partition coefficient (Wildman–Crippen LogP) is 9.91.